The highest BCUT2D eigenvalue weighted by molar-refractivity contribution is 5.85. The van der Waals surface area contributed by atoms with Crippen LogP contribution in [0.4, 0.5) is 0 Å². The first-order chi connectivity index (χ1) is 11.3. The molecule has 2 aliphatic rings. The van der Waals surface area contributed by atoms with Crippen molar-refractivity contribution in [1.82, 2.24) is 0 Å². The second-order valence-corrected chi connectivity index (χ2v) is 7.13. The molecule has 0 amide bonds. The lowest BCUT2D eigenvalue weighted by atomic mass is 9.91. The average Bonchev–Trinajstić information content (AvgIpc) is 2.76. The van der Waals surface area contributed by atoms with Gasteiger partial charge < -0.3 is 5.11 Å². The van der Waals surface area contributed by atoms with Gasteiger partial charge in [0.05, 0.1) is 0 Å². The van der Waals surface area contributed by atoms with E-state index in [-0.39, 0.29) is 0 Å². The lowest BCUT2D eigenvalue weighted by Crippen LogP contribution is -2.00. The summed E-state index contributed by atoms with van der Waals surface area (Å²) in [6.07, 6.45) is 2.37. The molecule has 2 rings (SSSR count). The number of carboxylic acid groups (broad SMARTS) is 1. The van der Waals surface area contributed by atoms with Crippen LogP contribution in [0.5, 0.6) is 0 Å². The molecule has 2 nitrogen and oxygen atoms in total. The Labute approximate surface area is 145 Å². The fourth-order valence-electron chi connectivity index (χ4n) is 3.21. The van der Waals surface area contributed by atoms with Crippen molar-refractivity contribution < 1.29 is 9.90 Å². The smallest absolute Gasteiger partial charge is 0.330 e. The Morgan fingerprint density at radius 2 is 1.83 bits per heavy atom. The van der Waals surface area contributed by atoms with E-state index in [1.807, 2.05) is 0 Å². The molecule has 1 unspecified atom stereocenters. The van der Waals surface area contributed by atoms with E-state index >= 15 is 0 Å². The lowest BCUT2D eigenvalue weighted by molar-refractivity contribution is -0.132. The summed E-state index contributed by atoms with van der Waals surface area (Å²) < 4.78 is 0. The van der Waals surface area contributed by atoms with Crippen LogP contribution in [-0.2, 0) is 4.79 Å². The van der Waals surface area contributed by atoms with Crippen molar-refractivity contribution in [1.29, 1.82) is 0 Å². The van der Waals surface area contributed by atoms with Crippen molar-refractivity contribution in [2.24, 2.45) is 0 Å². The highest BCUT2D eigenvalue weighted by atomic mass is 16.4. The van der Waals surface area contributed by atoms with Crippen molar-refractivity contribution in [3.8, 4) is 11.1 Å². The van der Waals surface area contributed by atoms with Gasteiger partial charge in [-0.1, -0.05) is 57.7 Å². The largest absolute Gasteiger partial charge is 0.478 e. The van der Waals surface area contributed by atoms with Crippen LogP contribution in [0, 0.1) is 6.92 Å². The highest BCUT2D eigenvalue weighted by Gasteiger charge is 2.16. The second kappa shape index (κ2) is 7.65. The van der Waals surface area contributed by atoms with Gasteiger partial charge in [0.1, 0.15) is 0 Å². The predicted octanol–water partition coefficient (Wildman–Crippen LogP) is 6.14. The molecule has 0 aliphatic heterocycles. The maximum Gasteiger partial charge on any atom is 0.330 e. The molecule has 0 aromatic rings. The van der Waals surface area contributed by atoms with Gasteiger partial charge in [0.15, 0.2) is 0 Å². The Balaban J connectivity index is 2.24. The summed E-state index contributed by atoms with van der Waals surface area (Å²) in [6, 6.07) is 11.2. The number of aryl methyl sites for hydroxylation is 1. The van der Waals surface area contributed by atoms with Gasteiger partial charge >= 0.3 is 5.97 Å². The normalized spacial score (nSPS) is 12.5. The van der Waals surface area contributed by atoms with Gasteiger partial charge in [-0.05, 0) is 65.8 Å². The number of fused-ring (bicyclic) bond motifs is 1. The number of aliphatic carboxylic acids is 1. The quantitative estimate of drug-likeness (QED) is 0.621. The van der Waals surface area contributed by atoms with Gasteiger partial charge in [0.2, 0.25) is 0 Å². The van der Waals surface area contributed by atoms with E-state index in [0.29, 0.717) is 23.8 Å². The average molecular weight is 324 g/mol. The van der Waals surface area contributed by atoms with Crippen molar-refractivity contribution in [3.63, 3.8) is 0 Å². The second-order valence-electron chi connectivity index (χ2n) is 7.13. The number of hydrogen-bond acceptors (Lipinski definition) is 1. The third kappa shape index (κ3) is 4.05. The maximum atomic E-state index is 10.9. The summed E-state index contributed by atoms with van der Waals surface area (Å²) in [5.74, 6) is 0.00430. The summed E-state index contributed by atoms with van der Waals surface area (Å²) in [7, 11) is 0. The molecule has 2 aliphatic carbocycles. The Morgan fingerprint density at radius 1 is 1.12 bits per heavy atom. The summed E-state index contributed by atoms with van der Waals surface area (Å²) in [5.41, 5.74) is 6.98. The van der Waals surface area contributed by atoms with Crippen molar-refractivity contribution in [3.05, 3.63) is 59.2 Å². The predicted molar refractivity (Wildman–Crippen MR) is 101 cm³/mol. The Morgan fingerprint density at radius 3 is 2.46 bits per heavy atom. The molecular formula is C22H28O2. The minimum atomic E-state index is -0.885. The number of carbonyl (C=O) groups is 1. The monoisotopic (exact) mass is 324 g/mol. The fraction of sp³-hybridized carbons (Fsp3) is 0.409. The molecule has 0 aromatic heterocycles. The topological polar surface area (TPSA) is 37.3 Å². The third-order valence-corrected chi connectivity index (χ3v) is 4.91. The molecule has 1 N–H and O–H groups in total. The van der Waals surface area contributed by atoms with Crippen molar-refractivity contribution in [2.75, 3.05) is 0 Å². The summed E-state index contributed by atoms with van der Waals surface area (Å²) in [6.45, 7) is 12.5. The highest BCUT2D eigenvalue weighted by Crippen LogP contribution is 2.37. The van der Waals surface area contributed by atoms with Crippen LogP contribution < -0.4 is 0 Å². The van der Waals surface area contributed by atoms with Crippen molar-refractivity contribution >= 4 is 5.97 Å². The van der Waals surface area contributed by atoms with Crippen LogP contribution in [0.15, 0.2) is 42.5 Å². The fourth-order valence-corrected chi connectivity index (χ4v) is 3.21. The molecule has 1 atom stereocenters. The molecule has 0 spiro atoms. The Bertz CT molecular complexity index is 712. The molecule has 0 saturated carbocycles. The standard InChI is InChI=1S/C22H28O2/c1-14(2)18-10-12-19(20-11-9-16(4)21(20)13-18)15(3)7-6-8-17(5)22(23)24/h9-15H,5-8H2,1-4H3,(H,23,24). The van der Waals surface area contributed by atoms with Crippen LogP contribution in [0.1, 0.15) is 68.6 Å². The first kappa shape index (κ1) is 18.3. The van der Waals surface area contributed by atoms with Gasteiger partial charge in [-0.15, -0.1) is 0 Å². The van der Waals surface area contributed by atoms with Crippen LogP contribution in [0.25, 0.3) is 11.1 Å². The number of rotatable bonds is 7. The van der Waals surface area contributed by atoms with Gasteiger partial charge in [0.25, 0.3) is 0 Å². The molecule has 0 radical (unpaired) electrons. The zero-order valence-corrected chi connectivity index (χ0v) is 15.2. The van der Waals surface area contributed by atoms with Crippen LogP contribution >= 0.6 is 0 Å². The molecule has 0 heterocycles. The molecule has 128 valence electrons. The molecule has 0 saturated heterocycles. The van der Waals surface area contributed by atoms with Crippen molar-refractivity contribution in [2.45, 2.75) is 58.8 Å². The summed E-state index contributed by atoms with van der Waals surface area (Å²) >= 11 is 0. The number of carboxylic acids is 1. The van der Waals surface area contributed by atoms with Gasteiger partial charge in [-0.2, -0.15) is 0 Å². The first-order valence-electron chi connectivity index (χ1n) is 8.75. The molecule has 24 heavy (non-hydrogen) atoms. The number of hydrogen-bond donors (Lipinski definition) is 1. The zero-order valence-electron chi connectivity index (χ0n) is 15.2. The van der Waals surface area contributed by atoms with Crippen LogP contribution in [-0.4, -0.2) is 11.1 Å². The van der Waals surface area contributed by atoms with E-state index in [0.717, 1.165) is 12.8 Å². The van der Waals surface area contributed by atoms with Crippen LogP contribution in [0.2, 0.25) is 0 Å². The Hall–Kier alpha value is -2.09. The zero-order chi connectivity index (χ0) is 17.9. The Kier molecular flexibility index (Phi) is 5.82. The summed E-state index contributed by atoms with van der Waals surface area (Å²) in [4.78, 5) is 10.9. The summed E-state index contributed by atoms with van der Waals surface area (Å²) in [5, 5.41) is 8.92. The molecule has 0 bridgehead atoms. The molecule has 0 aromatic carbocycles. The minimum Gasteiger partial charge on any atom is -0.478 e. The van der Waals surface area contributed by atoms with Gasteiger partial charge in [0, 0.05) is 5.57 Å². The molecule has 2 heteroatoms. The van der Waals surface area contributed by atoms with E-state index in [4.69, 9.17) is 5.11 Å². The van der Waals surface area contributed by atoms with E-state index in [2.05, 4.69) is 64.6 Å². The first-order valence-corrected chi connectivity index (χ1v) is 8.75. The van der Waals surface area contributed by atoms with E-state index < -0.39 is 5.97 Å². The minimum absolute atomic E-state index is 0.303. The van der Waals surface area contributed by atoms with Gasteiger partial charge in [-0.3, -0.25) is 0 Å². The van der Waals surface area contributed by atoms with E-state index in [1.54, 1.807) is 0 Å². The van der Waals surface area contributed by atoms with Crippen LogP contribution in [0.3, 0.4) is 0 Å². The SMILES string of the molecule is C=C(CCCC(C)c1ccc(C(C)C)cc2c(C)ccc1-2)C(=O)O. The maximum absolute atomic E-state index is 10.9. The molecular weight excluding hydrogens is 296 g/mol. The van der Waals surface area contributed by atoms with E-state index in [1.165, 1.54) is 27.8 Å². The lowest BCUT2D eigenvalue weighted by Gasteiger charge is -2.14. The van der Waals surface area contributed by atoms with Gasteiger partial charge in [-0.25, -0.2) is 4.79 Å². The van der Waals surface area contributed by atoms with E-state index in [9.17, 15) is 4.79 Å². The third-order valence-electron chi connectivity index (χ3n) is 4.91. The molecule has 0 fully saturated rings.